The second-order valence-electron chi connectivity index (χ2n) is 9.12. The lowest BCUT2D eigenvalue weighted by Crippen LogP contribution is -2.55. The van der Waals surface area contributed by atoms with E-state index in [-0.39, 0.29) is 11.5 Å². The number of rotatable bonds is 2. The minimum atomic E-state index is -0.0570. The van der Waals surface area contributed by atoms with Crippen LogP contribution >= 0.6 is 0 Å². The highest BCUT2D eigenvalue weighted by atomic mass is 16.3. The van der Waals surface area contributed by atoms with E-state index in [0.29, 0.717) is 18.1 Å². The largest absolute Gasteiger partial charge is 0.395 e. The molecule has 0 amide bonds. The summed E-state index contributed by atoms with van der Waals surface area (Å²) in [6, 6.07) is 0.691. The summed E-state index contributed by atoms with van der Waals surface area (Å²) < 4.78 is 0. The van der Waals surface area contributed by atoms with Crippen molar-refractivity contribution in [1.82, 2.24) is 4.90 Å². The van der Waals surface area contributed by atoms with Crippen LogP contribution in [0.3, 0.4) is 0 Å². The van der Waals surface area contributed by atoms with Gasteiger partial charge in [0.15, 0.2) is 0 Å². The van der Waals surface area contributed by atoms with Crippen LogP contribution in [0.1, 0.15) is 58.8 Å². The summed E-state index contributed by atoms with van der Waals surface area (Å²) in [6.07, 6.45) is 8.72. The number of hydrogen-bond acceptors (Lipinski definition) is 3. The number of aliphatic hydroxyl groups is 2. The molecule has 0 spiro atoms. The van der Waals surface area contributed by atoms with Crippen molar-refractivity contribution < 1.29 is 10.2 Å². The highest BCUT2D eigenvalue weighted by Crippen LogP contribution is 2.64. The molecule has 1 heterocycles. The SMILES string of the molecule is C[C@@]12CC[C@H]3[C@@H](CC[C@@H]4N(CCO)CC[C@]43C)[C@H]1CC[C@@H]2O. The van der Waals surface area contributed by atoms with E-state index in [1.54, 1.807) is 0 Å². The maximum Gasteiger partial charge on any atom is 0.0596 e. The summed E-state index contributed by atoms with van der Waals surface area (Å²) in [7, 11) is 0. The first kappa shape index (κ1) is 15.4. The first-order valence-electron chi connectivity index (χ1n) is 9.53. The minimum Gasteiger partial charge on any atom is -0.395 e. The van der Waals surface area contributed by atoms with Crippen molar-refractivity contribution in [3.05, 3.63) is 0 Å². The molecule has 2 N–H and O–H groups in total. The first-order valence-corrected chi connectivity index (χ1v) is 9.53. The summed E-state index contributed by atoms with van der Waals surface area (Å²) in [5, 5.41) is 19.9. The van der Waals surface area contributed by atoms with Gasteiger partial charge in [-0.25, -0.2) is 0 Å². The van der Waals surface area contributed by atoms with Crippen LogP contribution in [0.15, 0.2) is 0 Å². The van der Waals surface area contributed by atoms with Gasteiger partial charge in [0.05, 0.1) is 12.7 Å². The molecule has 4 rings (SSSR count). The van der Waals surface area contributed by atoms with Crippen LogP contribution in [0.4, 0.5) is 0 Å². The van der Waals surface area contributed by atoms with Crippen molar-refractivity contribution in [2.24, 2.45) is 28.6 Å². The van der Waals surface area contributed by atoms with Crippen molar-refractivity contribution in [3.63, 3.8) is 0 Å². The van der Waals surface area contributed by atoms with Gasteiger partial charge in [0.2, 0.25) is 0 Å². The molecule has 3 aliphatic carbocycles. The Kier molecular flexibility index (Phi) is 3.63. The second kappa shape index (κ2) is 5.19. The zero-order valence-corrected chi connectivity index (χ0v) is 14.3. The predicted octanol–water partition coefficient (Wildman–Crippen LogP) is 2.66. The Labute approximate surface area is 135 Å². The van der Waals surface area contributed by atoms with Gasteiger partial charge in [-0.15, -0.1) is 0 Å². The summed E-state index contributed by atoms with van der Waals surface area (Å²) in [5.74, 6) is 2.44. The van der Waals surface area contributed by atoms with Crippen molar-refractivity contribution in [2.75, 3.05) is 19.7 Å². The topological polar surface area (TPSA) is 43.7 Å². The quantitative estimate of drug-likeness (QED) is 0.824. The number of likely N-dealkylation sites (tertiary alicyclic amines) is 1. The normalized spacial score (nSPS) is 54.8. The van der Waals surface area contributed by atoms with Gasteiger partial charge in [0.25, 0.3) is 0 Å². The van der Waals surface area contributed by atoms with Crippen LogP contribution in [-0.2, 0) is 0 Å². The standard InChI is InChI=1S/C19H33NO2/c1-18-9-10-20(11-12-21)16(18)5-3-13-14-4-6-17(22)19(14,2)8-7-15(13)18/h13-17,21-22H,3-12H2,1-2H3/t13-,14+,15-,16-,17-,18-,19+/m0/s1. The van der Waals surface area contributed by atoms with Gasteiger partial charge in [0, 0.05) is 12.6 Å². The Morgan fingerprint density at radius 3 is 2.50 bits per heavy atom. The Balaban J connectivity index is 1.60. The summed E-state index contributed by atoms with van der Waals surface area (Å²) in [5.41, 5.74) is 0.653. The van der Waals surface area contributed by atoms with Crippen LogP contribution in [0, 0.1) is 28.6 Å². The molecule has 3 saturated carbocycles. The molecular weight excluding hydrogens is 274 g/mol. The lowest BCUT2D eigenvalue weighted by Gasteiger charge is -2.57. The second-order valence-corrected chi connectivity index (χ2v) is 9.12. The summed E-state index contributed by atoms with van der Waals surface area (Å²) in [6.45, 7) is 7.24. The molecule has 126 valence electrons. The highest BCUT2D eigenvalue weighted by Gasteiger charge is 2.61. The zero-order valence-electron chi connectivity index (χ0n) is 14.3. The Morgan fingerprint density at radius 1 is 0.955 bits per heavy atom. The smallest absolute Gasteiger partial charge is 0.0596 e. The Hall–Kier alpha value is -0.120. The minimum absolute atomic E-state index is 0.0570. The van der Waals surface area contributed by atoms with Crippen LogP contribution in [-0.4, -0.2) is 47.0 Å². The molecule has 0 aromatic carbocycles. The van der Waals surface area contributed by atoms with E-state index in [2.05, 4.69) is 18.7 Å². The molecule has 0 unspecified atom stereocenters. The average Bonchev–Trinajstić information content (AvgIpc) is 2.98. The van der Waals surface area contributed by atoms with Crippen molar-refractivity contribution >= 4 is 0 Å². The first-order chi connectivity index (χ1) is 10.5. The van der Waals surface area contributed by atoms with Gasteiger partial charge >= 0.3 is 0 Å². The van der Waals surface area contributed by atoms with Crippen LogP contribution in [0.5, 0.6) is 0 Å². The van der Waals surface area contributed by atoms with Crippen molar-refractivity contribution in [1.29, 1.82) is 0 Å². The number of fused-ring (bicyclic) bond motifs is 5. The fraction of sp³-hybridized carbons (Fsp3) is 1.00. The number of β-amino-alcohol motifs (C(OH)–C–C–N with tert-alkyl or cyclic N) is 1. The maximum absolute atomic E-state index is 10.5. The number of aliphatic hydroxyl groups excluding tert-OH is 2. The van der Waals surface area contributed by atoms with Gasteiger partial charge in [0.1, 0.15) is 0 Å². The summed E-state index contributed by atoms with van der Waals surface area (Å²) in [4.78, 5) is 2.56. The number of nitrogens with zero attached hydrogens (tertiary/aromatic N) is 1. The molecular formula is C19H33NO2. The molecule has 7 atom stereocenters. The molecule has 1 aliphatic heterocycles. The van der Waals surface area contributed by atoms with Gasteiger partial charge in [-0.3, -0.25) is 4.90 Å². The molecule has 1 saturated heterocycles. The van der Waals surface area contributed by atoms with Gasteiger partial charge in [-0.05, 0) is 80.1 Å². The molecule has 4 fully saturated rings. The number of hydrogen-bond donors (Lipinski definition) is 2. The molecule has 0 bridgehead atoms. The van der Waals surface area contributed by atoms with Crippen LogP contribution in [0.25, 0.3) is 0 Å². The third kappa shape index (κ3) is 1.91. The third-order valence-corrected chi connectivity index (χ3v) is 8.53. The van der Waals surface area contributed by atoms with Gasteiger partial charge in [-0.2, -0.15) is 0 Å². The molecule has 3 nitrogen and oxygen atoms in total. The van der Waals surface area contributed by atoms with E-state index < -0.39 is 0 Å². The zero-order chi connectivity index (χ0) is 15.5. The van der Waals surface area contributed by atoms with E-state index in [1.165, 1.54) is 45.1 Å². The fourth-order valence-electron chi connectivity index (χ4n) is 7.30. The van der Waals surface area contributed by atoms with Gasteiger partial charge in [-0.1, -0.05) is 13.8 Å². The molecule has 0 aromatic rings. The lowest BCUT2D eigenvalue weighted by atomic mass is 9.49. The maximum atomic E-state index is 10.5. The monoisotopic (exact) mass is 307 g/mol. The molecule has 3 heteroatoms. The molecule has 22 heavy (non-hydrogen) atoms. The Morgan fingerprint density at radius 2 is 1.73 bits per heavy atom. The van der Waals surface area contributed by atoms with E-state index in [9.17, 15) is 10.2 Å². The molecule has 0 radical (unpaired) electrons. The Bertz CT molecular complexity index is 441. The van der Waals surface area contributed by atoms with Crippen LogP contribution < -0.4 is 0 Å². The van der Waals surface area contributed by atoms with E-state index >= 15 is 0 Å². The third-order valence-electron chi connectivity index (χ3n) is 8.53. The van der Waals surface area contributed by atoms with Crippen LogP contribution in [0.2, 0.25) is 0 Å². The van der Waals surface area contributed by atoms with E-state index in [0.717, 1.165) is 30.7 Å². The van der Waals surface area contributed by atoms with Crippen molar-refractivity contribution in [3.8, 4) is 0 Å². The average molecular weight is 307 g/mol. The predicted molar refractivity (Wildman–Crippen MR) is 87.5 cm³/mol. The van der Waals surface area contributed by atoms with Gasteiger partial charge < -0.3 is 10.2 Å². The molecule has 4 aliphatic rings. The lowest BCUT2D eigenvalue weighted by molar-refractivity contribution is -0.0980. The summed E-state index contributed by atoms with van der Waals surface area (Å²) >= 11 is 0. The van der Waals surface area contributed by atoms with Crippen molar-refractivity contribution in [2.45, 2.75) is 70.9 Å². The fourth-order valence-corrected chi connectivity index (χ4v) is 7.30. The van der Waals surface area contributed by atoms with E-state index in [4.69, 9.17) is 0 Å². The highest BCUT2D eigenvalue weighted by molar-refractivity contribution is 5.11. The molecule has 0 aromatic heterocycles. The van der Waals surface area contributed by atoms with E-state index in [1.807, 2.05) is 0 Å².